The van der Waals surface area contributed by atoms with Crippen LogP contribution in [0.2, 0.25) is 0 Å². The minimum atomic E-state index is 1.33. The molecule has 0 spiro atoms. The monoisotopic (exact) mass is 156 g/mol. The van der Waals surface area contributed by atoms with Gasteiger partial charge in [0.25, 0.3) is 0 Å². The maximum absolute atomic E-state index is 2.19. The van der Waals surface area contributed by atoms with Crippen LogP contribution >= 0.6 is 0 Å². The molecule has 2 aliphatic rings. The third kappa shape index (κ3) is 1.00. The Kier molecular flexibility index (Phi) is 1.61. The molecule has 0 aromatic rings. The standard InChI is InChI=1S/C12H12/c1-9-7-8-12(10(9)2)11-5-3-4-6-11/h3-8H,1-2H3. The van der Waals surface area contributed by atoms with Crippen molar-refractivity contribution in [2.45, 2.75) is 13.8 Å². The van der Waals surface area contributed by atoms with Gasteiger partial charge in [-0.25, -0.2) is 0 Å². The van der Waals surface area contributed by atoms with E-state index in [1.165, 1.54) is 22.3 Å². The van der Waals surface area contributed by atoms with Gasteiger partial charge in [0, 0.05) is 0 Å². The van der Waals surface area contributed by atoms with Crippen LogP contribution in [0, 0.1) is 0 Å². The number of hydrogen-bond acceptors (Lipinski definition) is 0. The fraction of sp³-hybridized carbons (Fsp3) is 0.167. The fourth-order valence-electron chi connectivity index (χ4n) is 1.54. The second kappa shape index (κ2) is 2.63. The van der Waals surface area contributed by atoms with Crippen molar-refractivity contribution in [2.75, 3.05) is 0 Å². The number of allylic oxidation sites excluding steroid dienone is 10. The van der Waals surface area contributed by atoms with Crippen molar-refractivity contribution < 1.29 is 0 Å². The van der Waals surface area contributed by atoms with E-state index in [0.717, 1.165) is 0 Å². The summed E-state index contributed by atoms with van der Waals surface area (Å²) in [5.41, 5.74) is 5.49. The summed E-state index contributed by atoms with van der Waals surface area (Å²) in [6.45, 7) is 4.33. The molecule has 0 heteroatoms. The van der Waals surface area contributed by atoms with Crippen molar-refractivity contribution in [1.29, 1.82) is 0 Å². The predicted octanol–water partition coefficient (Wildman–Crippen LogP) is 3.32. The highest BCUT2D eigenvalue weighted by Crippen LogP contribution is 2.28. The molecule has 0 heterocycles. The van der Waals surface area contributed by atoms with E-state index in [9.17, 15) is 0 Å². The van der Waals surface area contributed by atoms with E-state index in [4.69, 9.17) is 0 Å². The molecule has 0 fully saturated rings. The van der Waals surface area contributed by atoms with Gasteiger partial charge in [-0.3, -0.25) is 0 Å². The van der Waals surface area contributed by atoms with Crippen LogP contribution in [-0.4, -0.2) is 0 Å². The second-order valence-corrected chi connectivity index (χ2v) is 3.23. The van der Waals surface area contributed by atoms with Crippen molar-refractivity contribution in [1.82, 2.24) is 0 Å². The van der Waals surface area contributed by atoms with Crippen LogP contribution in [0.3, 0.4) is 0 Å². The van der Waals surface area contributed by atoms with Crippen LogP contribution in [0.5, 0.6) is 0 Å². The van der Waals surface area contributed by atoms with Crippen LogP contribution in [0.1, 0.15) is 13.8 Å². The number of hydrogen-bond donors (Lipinski definition) is 0. The lowest BCUT2D eigenvalue weighted by Crippen LogP contribution is -1.82. The van der Waals surface area contributed by atoms with E-state index in [1.807, 2.05) is 0 Å². The molecule has 0 nitrogen and oxygen atoms in total. The molecule has 0 atom stereocenters. The predicted molar refractivity (Wildman–Crippen MR) is 52.8 cm³/mol. The lowest BCUT2D eigenvalue weighted by atomic mass is 10.0. The molecule has 0 saturated heterocycles. The largest absolute Gasteiger partial charge is 0.0616 e. The van der Waals surface area contributed by atoms with Crippen molar-refractivity contribution in [3.05, 3.63) is 58.7 Å². The molecule has 60 valence electrons. The Balaban J connectivity index is 2.51. The summed E-state index contributed by atoms with van der Waals surface area (Å²) in [4.78, 5) is 0. The Morgan fingerprint density at radius 1 is 0.833 bits per heavy atom. The molecule has 0 aromatic heterocycles. The summed E-state index contributed by atoms with van der Waals surface area (Å²) in [6.07, 6.45) is 12.8. The van der Waals surface area contributed by atoms with Gasteiger partial charge in [0.2, 0.25) is 0 Å². The first kappa shape index (κ1) is 7.35. The molecule has 2 rings (SSSR count). The van der Waals surface area contributed by atoms with Crippen LogP contribution in [0.15, 0.2) is 58.7 Å². The first-order valence-corrected chi connectivity index (χ1v) is 4.24. The summed E-state index contributed by atoms with van der Waals surface area (Å²) in [5.74, 6) is 0. The van der Waals surface area contributed by atoms with Crippen LogP contribution in [0.25, 0.3) is 0 Å². The molecule has 0 radical (unpaired) electrons. The summed E-state index contributed by atoms with van der Waals surface area (Å²) < 4.78 is 0. The van der Waals surface area contributed by atoms with Gasteiger partial charge in [0.05, 0.1) is 0 Å². The van der Waals surface area contributed by atoms with Gasteiger partial charge >= 0.3 is 0 Å². The van der Waals surface area contributed by atoms with E-state index in [0.29, 0.717) is 0 Å². The molecule has 12 heavy (non-hydrogen) atoms. The van der Waals surface area contributed by atoms with Gasteiger partial charge in [-0.15, -0.1) is 0 Å². The third-order valence-corrected chi connectivity index (χ3v) is 2.47. The Labute approximate surface area is 73.3 Å². The Morgan fingerprint density at radius 3 is 2.00 bits per heavy atom. The molecular formula is C12H12. The summed E-state index contributed by atoms with van der Waals surface area (Å²) in [6, 6.07) is 0. The first-order chi connectivity index (χ1) is 5.79. The minimum absolute atomic E-state index is 1.33. The van der Waals surface area contributed by atoms with E-state index >= 15 is 0 Å². The molecule has 0 N–H and O–H groups in total. The SMILES string of the molecule is CC1=C(C)C(=C2C=CC=C2)C=C1. The van der Waals surface area contributed by atoms with Gasteiger partial charge in [0.1, 0.15) is 0 Å². The normalized spacial score (nSPS) is 20.5. The van der Waals surface area contributed by atoms with Crippen molar-refractivity contribution >= 4 is 0 Å². The maximum Gasteiger partial charge on any atom is -0.0152 e. The second-order valence-electron chi connectivity index (χ2n) is 3.23. The van der Waals surface area contributed by atoms with Crippen LogP contribution < -0.4 is 0 Å². The average Bonchev–Trinajstić information content (AvgIpc) is 2.64. The van der Waals surface area contributed by atoms with E-state index < -0.39 is 0 Å². The zero-order chi connectivity index (χ0) is 8.55. The lowest BCUT2D eigenvalue weighted by molar-refractivity contribution is 1.36. The van der Waals surface area contributed by atoms with Gasteiger partial charge in [-0.05, 0) is 36.1 Å². The van der Waals surface area contributed by atoms with Crippen LogP contribution in [-0.2, 0) is 0 Å². The molecule has 0 amide bonds. The highest BCUT2D eigenvalue weighted by Gasteiger charge is 2.09. The van der Waals surface area contributed by atoms with Gasteiger partial charge in [-0.1, -0.05) is 36.5 Å². The molecular weight excluding hydrogens is 144 g/mol. The maximum atomic E-state index is 2.19. The molecule has 0 unspecified atom stereocenters. The highest BCUT2D eigenvalue weighted by atomic mass is 14.1. The van der Waals surface area contributed by atoms with Crippen molar-refractivity contribution in [3.8, 4) is 0 Å². The zero-order valence-electron chi connectivity index (χ0n) is 7.46. The Bertz CT molecular complexity index is 343. The van der Waals surface area contributed by atoms with Gasteiger partial charge < -0.3 is 0 Å². The highest BCUT2D eigenvalue weighted by molar-refractivity contribution is 5.60. The summed E-state index contributed by atoms with van der Waals surface area (Å²) >= 11 is 0. The molecule has 0 aliphatic heterocycles. The zero-order valence-corrected chi connectivity index (χ0v) is 7.46. The Morgan fingerprint density at radius 2 is 1.50 bits per heavy atom. The smallest absolute Gasteiger partial charge is 0.0152 e. The molecule has 0 saturated carbocycles. The van der Waals surface area contributed by atoms with E-state index in [2.05, 4.69) is 50.3 Å². The molecule has 0 aromatic carbocycles. The number of rotatable bonds is 0. The van der Waals surface area contributed by atoms with Gasteiger partial charge in [0.15, 0.2) is 0 Å². The van der Waals surface area contributed by atoms with Crippen LogP contribution in [0.4, 0.5) is 0 Å². The van der Waals surface area contributed by atoms with E-state index in [-0.39, 0.29) is 0 Å². The topological polar surface area (TPSA) is 0 Å². The molecule has 2 aliphatic carbocycles. The summed E-state index contributed by atoms with van der Waals surface area (Å²) in [5, 5.41) is 0. The van der Waals surface area contributed by atoms with Crippen molar-refractivity contribution in [3.63, 3.8) is 0 Å². The summed E-state index contributed by atoms with van der Waals surface area (Å²) in [7, 11) is 0. The average molecular weight is 156 g/mol. The van der Waals surface area contributed by atoms with Crippen molar-refractivity contribution in [2.24, 2.45) is 0 Å². The lowest BCUT2D eigenvalue weighted by Gasteiger charge is -2.01. The Hall–Kier alpha value is -1.30. The fourth-order valence-corrected chi connectivity index (χ4v) is 1.54. The van der Waals surface area contributed by atoms with Gasteiger partial charge in [-0.2, -0.15) is 0 Å². The molecule has 0 bridgehead atoms. The minimum Gasteiger partial charge on any atom is -0.0616 e. The third-order valence-electron chi connectivity index (χ3n) is 2.47. The van der Waals surface area contributed by atoms with E-state index in [1.54, 1.807) is 0 Å². The quantitative estimate of drug-likeness (QED) is 0.504. The first-order valence-electron chi connectivity index (χ1n) is 4.24.